The van der Waals surface area contributed by atoms with Crippen LogP contribution in [0, 0.1) is 0 Å². The number of pyridine rings is 2. The lowest BCUT2D eigenvalue weighted by atomic mass is 9.90. The first-order valence-corrected chi connectivity index (χ1v) is 5.39. The summed E-state index contributed by atoms with van der Waals surface area (Å²) in [6.07, 6.45) is 3.21. The van der Waals surface area contributed by atoms with Crippen molar-refractivity contribution >= 4 is 11.5 Å². The monoisotopic (exact) mass is 239 g/mol. The fraction of sp³-hybridized carbons (Fsp3) is 0.0769. The molecule has 0 aromatic carbocycles. The molecule has 5 heteroatoms. The Balaban J connectivity index is 2.35. The van der Waals surface area contributed by atoms with Gasteiger partial charge in [0.2, 0.25) is 5.78 Å². The van der Waals surface area contributed by atoms with E-state index in [2.05, 4.69) is 15.1 Å². The molecule has 18 heavy (non-hydrogen) atoms. The summed E-state index contributed by atoms with van der Waals surface area (Å²) in [5, 5.41) is 3.77. The molecule has 1 aliphatic rings. The number of hydrogen-bond acceptors (Lipinski definition) is 5. The van der Waals surface area contributed by atoms with Crippen molar-refractivity contribution in [1.29, 1.82) is 0 Å². The van der Waals surface area contributed by atoms with E-state index in [1.54, 1.807) is 18.5 Å². The number of carbonyl (C=O) groups is 1. The van der Waals surface area contributed by atoms with E-state index in [0.717, 1.165) is 11.1 Å². The van der Waals surface area contributed by atoms with Gasteiger partial charge in [-0.05, 0) is 12.1 Å². The third kappa shape index (κ3) is 1.41. The van der Waals surface area contributed by atoms with Crippen molar-refractivity contribution in [3.8, 4) is 11.1 Å². The van der Waals surface area contributed by atoms with Crippen molar-refractivity contribution in [2.24, 2.45) is 5.16 Å². The maximum absolute atomic E-state index is 12.3. The van der Waals surface area contributed by atoms with Crippen LogP contribution in [-0.4, -0.2) is 28.6 Å². The van der Waals surface area contributed by atoms with Gasteiger partial charge in [-0.15, -0.1) is 0 Å². The third-order valence-corrected chi connectivity index (χ3v) is 2.74. The Morgan fingerprint density at radius 3 is 2.33 bits per heavy atom. The summed E-state index contributed by atoms with van der Waals surface area (Å²) >= 11 is 0. The molecule has 0 spiro atoms. The number of aromatic nitrogens is 2. The number of Topliss-reactive ketones (excluding diaryl/α,β-unsaturated/α-hetero) is 1. The minimum Gasteiger partial charge on any atom is -0.398 e. The number of oxime groups is 1. The van der Waals surface area contributed by atoms with Gasteiger partial charge in [0.1, 0.15) is 18.5 Å². The van der Waals surface area contributed by atoms with Crippen molar-refractivity contribution < 1.29 is 9.63 Å². The van der Waals surface area contributed by atoms with Crippen LogP contribution in [0.1, 0.15) is 16.2 Å². The van der Waals surface area contributed by atoms with Crippen molar-refractivity contribution in [3.63, 3.8) is 0 Å². The topological polar surface area (TPSA) is 64.4 Å². The molecule has 5 nitrogen and oxygen atoms in total. The lowest BCUT2D eigenvalue weighted by Crippen LogP contribution is -2.24. The van der Waals surface area contributed by atoms with Crippen LogP contribution in [0.15, 0.2) is 41.8 Å². The Morgan fingerprint density at radius 2 is 1.67 bits per heavy atom. The molecule has 2 heterocycles. The van der Waals surface area contributed by atoms with Crippen LogP contribution in [0.2, 0.25) is 0 Å². The summed E-state index contributed by atoms with van der Waals surface area (Å²) in [6.45, 7) is 0. The summed E-state index contributed by atoms with van der Waals surface area (Å²) < 4.78 is 0. The molecule has 0 fully saturated rings. The predicted octanol–water partition coefficient (Wildman–Crippen LogP) is 1.69. The summed E-state index contributed by atoms with van der Waals surface area (Å²) in [5.74, 6) is -0.265. The lowest BCUT2D eigenvalue weighted by molar-refractivity contribution is 0.105. The van der Waals surface area contributed by atoms with Gasteiger partial charge in [0.25, 0.3) is 0 Å². The van der Waals surface area contributed by atoms with Gasteiger partial charge in [0.05, 0.1) is 0 Å². The van der Waals surface area contributed by atoms with Crippen LogP contribution >= 0.6 is 0 Å². The first-order valence-electron chi connectivity index (χ1n) is 5.39. The van der Waals surface area contributed by atoms with Gasteiger partial charge in [-0.2, -0.15) is 0 Å². The van der Waals surface area contributed by atoms with E-state index < -0.39 is 0 Å². The fourth-order valence-electron chi connectivity index (χ4n) is 2.01. The first-order chi connectivity index (χ1) is 8.83. The number of carbonyl (C=O) groups excluding carboxylic acids is 1. The van der Waals surface area contributed by atoms with Crippen LogP contribution < -0.4 is 0 Å². The van der Waals surface area contributed by atoms with Gasteiger partial charge >= 0.3 is 0 Å². The maximum Gasteiger partial charge on any atom is 0.235 e. The zero-order valence-corrected chi connectivity index (χ0v) is 9.62. The highest BCUT2D eigenvalue weighted by molar-refractivity contribution is 6.53. The summed E-state index contributed by atoms with van der Waals surface area (Å²) in [5.41, 5.74) is 2.73. The van der Waals surface area contributed by atoms with Gasteiger partial charge in [0.15, 0.2) is 5.71 Å². The number of fused-ring (bicyclic) bond motifs is 3. The smallest absolute Gasteiger partial charge is 0.235 e. The zero-order valence-electron chi connectivity index (χ0n) is 9.62. The molecule has 1 aliphatic carbocycles. The molecule has 0 N–H and O–H groups in total. The van der Waals surface area contributed by atoms with Crippen LogP contribution in [0.5, 0.6) is 0 Å². The molecule has 2 aromatic rings. The SMILES string of the molecule is CO/N=C1\C(=O)c2ncccc2-c2cccnc21. The Labute approximate surface area is 103 Å². The molecule has 0 radical (unpaired) electrons. The lowest BCUT2D eigenvalue weighted by Gasteiger charge is -2.17. The summed E-state index contributed by atoms with van der Waals surface area (Å²) in [7, 11) is 1.40. The van der Waals surface area contributed by atoms with Crippen LogP contribution in [0.4, 0.5) is 0 Å². The molecule has 3 rings (SSSR count). The van der Waals surface area contributed by atoms with Gasteiger partial charge in [0, 0.05) is 23.5 Å². The second-order valence-electron chi connectivity index (χ2n) is 3.75. The Bertz CT molecular complexity index is 665. The highest BCUT2D eigenvalue weighted by Crippen LogP contribution is 2.30. The van der Waals surface area contributed by atoms with Crippen LogP contribution in [0.25, 0.3) is 11.1 Å². The minimum atomic E-state index is -0.265. The highest BCUT2D eigenvalue weighted by atomic mass is 16.6. The molecule has 0 saturated heterocycles. The van der Waals surface area contributed by atoms with E-state index in [0.29, 0.717) is 11.4 Å². The molecule has 0 bridgehead atoms. The number of rotatable bonds is 1. The van der Waals surface area contributed by atoms with Crippen LogP contribution in [-0.2, 0) is 4.84 Å². The normalized spacial score (nSPS) is 15.2. The average molecular weight is 239 g/mol. The second-order valence-corrected chi connectivity index (χ2v) is 3.75. The van der Waals surface area contributed by atoms with E-state index in [1.165, 1.54) is 7.11 Å². The maximum atomic E-state index is 12.3. The summed E-state index contributed by atoms with van der Waals surface area (Å²) in [6, 6.07) is 7.35. The number of hydrogen-bond donors (Lipinski definition) is 0. The second kappa shape index (κ2) is 4.03. The van der Waals surface area contributed by atoms with Crippen molar-refractivity contribution in [3.05, 3.63) is 48.0 Å². The fourth-order valence-corrected chi connectivity index (χ4v) is 2.01. The molecule has 2 aromatic heterocycles. The van der Waals surface area contributed by atoms with E-state index in [1.807, 2.05) is 18.2 Å². The van der Waals surface area contributed by atoms with Gasteiger partial charge in [-0.25, -0.2) is 0 Å². The van der Waals surface area contributed by atoms with Crippen molar-refractivity contribution in [2.75, 3.05) is 7.11 Å². The average Bonchev–Trinajstić information content (AvgIpc) is 2.43. The molecule has 0 amide bonds. The molecule has 0 atom stereocenters. The predicted molar refractivity (Wildman–Crippen MR) is 65.3 cm³/mol. The number of ketones is 1. The van der Waals surface area contributed by atoms with E-state index >= 15 is 0 Å². The highest BCUT2D eigenvalue weighted by Gasteiger charge is 2.31. The minimum absolute atomic E-state index is 0.194. The largest absolute Gasteiger partial charge is 0.398 e. The standard InChI is InChI=1S/C13H9N3O2/c1-18-16-12-10-8(4-2-6-14-10)9-5-3-7-15-11(9)13(12)17/h2-7H,1H3/b16-12-. The number of nitrogens with zero attached hydrogens (tertiary/aromatic N) is 3. The van der Waals surface area contributed by atoms with Gasteiger partial charge in [-0.1, -0.05) is 17.3 Å². The third-order valence-electron chi connectivity index (χ3n) is 2.74. The van der Waals surface area contributed by atoms with E-state index in [-0.39, 0.29) is 11.5 Å². The van der Waals surface area contributed by atoms with Crippen LogP contribution in [0.3, 0.4) is 0 Å². The first kappa shape index (κ1) is 10.6. The molecule has 88 valence electrons. The van der Waals surface area contributed by atoms with Gasteiger partial charge in [-0.3, -0.25) is 14.8 Å². The molecular weight excluding hydrogens is 230 g/mol. The quantitative estimate of drug-likeness (QED) is 0.710. The molecular formula is C13H9N3O2. The zero-order chi connectivity index (χ0) is 12.5. The summed E-state index contributed by atoms with van der Waals surface area (Å²) in [4.78, 5) is 25.3. The van der Waals surface area contributed by atoms with Crippen molar-refractivity contribution in [1.82, 2.24) is 9.97 Å². The van der Waals surface area contributed by atoms with E-state index in [9.17, 15) is 4.79 Å². The Morgan fingerprint density at radius 1 is 1.06 bits per heavy atom. The molecule has 0 unspecified atom stereocenters. The van der Waals surface area contributed by atoms with E-state index in [4.69, 9.17) is 4.84 Å². The van der Waals surface area contributed by atoms with Crippen molar-refractivity contribution in [2.45, 2.75) is 0 Å². The van der Waals surface area contributed by atoms with Gasteiger partial charge < -0.3 is 4.84 Å². The Kier molecular flexibility index (Phi) is 2.37. The molecule has 0 saturated carbocycles. The molecule has 0 aliphatic heterocycles. The Hall–Kier alpha value is -2.56.